The number of benzene rings is 1. The van der Waals surface area contributed by atoms with Gasteiger partial charge in [0.2, 0.25) is 0 Å². The lowest BCUT2D eigenvalue weighted by atomic mass is 9.73. The molecule has 3 amide bonds. The van der Waals surface area contributed by atoms with Gasteiger partial charge in [0.25, 0.3) is 5.91 Å². The van der Waals surface area contributed by atoms with Crippen LogP contribution in [0.4, 0.5) is 4.79 Å². The van der Waals surface area contributed by atoms with Crippen LogP contribution in [0, 0.1) is 5.92 Å². The molecule has 1 N–H and O–H groups in total. The molecule has 1 heterocycles. The normalized spacial score (nSPS) is 25.1. The molecule has 6 heteroatoms. The summed E-state index contributed by atoms with van der Waals surface area (Å²) in [5, 5.41) is 2.85. The second kappa shape index (κ2) is 7.57. The number of esters is 1. The predicted octanol–water partition coefficient (Wildman–Crippen LogP) is 3.53. The summed E-state index contributed by atoms with van der Waals surface area (Å²) < 4.78 is 5.30. The lowest BCUT2D eigenvalue weighted by molar-refractivity contribution is -0.149. The summed E-state index contributed by atoms with van der Waals surface area (Å²) in [6.45, 7) is 8.17. The van der Waals surface area contributed by atoms with Crippen LogP contribution in [0.1, 0.15) is 64.5 Å². The largest absolute Gasteiger partial charge is 0.459 e. The van der Waals surface area contributed by atoms with Crippen molar-refractivity contribution in [3.63, 3.8) is 0 Å². The number of urea groups is 1. The predicted molar refractivity (Wildman–Crippen MR) is 106 cm³/mol. The van der Waals surface area contributed by atoms with E-state index in [1.807, 2.05) is 31.2 Å². The van der Waals surface area contributed by atoms with Crippen molar-refractivity contribution in [3.8, 4) is 0 Å². The van der Waals surface area contributed by atoms with Crippen LogP contribution in [-0.2, 0) is 26.3 Å². The van der Waals surface area contributed by atoms with Gasteiger partial charge in [-0.05, 0) is 35.3 Å². The van der Waals surface area contributed by atoms with E-state index in [9.17, 15) is 14.4 Å². The zero-order valence-electron chi connectivity index (χ0n) is 17.2. The SMILES string of the molecule is C[C@H]1CCCC[C@]12NC(=O)N(CC(=O)OCc1ccc(C(C)(C)C)cc1)C2=O. The van der Waals surface area contributed by atoms with Gasteiger partial charge in [-0.15, -0.1) is 0 Å². The van der Waals surface area contributed by atoms with Crippen molar-refractivity contribution >= 4 is 17.9 Å². The Morgan fingerprint density at radius 2 is 1.89 bits per heavy atom. The van der Waals surface area contributed by atoms with Gasteiger partial charge in [0.15, 0.2) is 0 Å². The third-order valence-electron chi connectivity index (χ3n) is 6.01. The average Bonchev–Trinajstić information content (AvgIpc) is 2.87. The molecule has 1 aromatic carbocycles. The van der Waals surface area contributed by atoms with Crippen LogP contribution in [0.2, 0.25) is 0 Å². The number of carbonyl (C=O) groups excluding carboxylic acids is 3. The molecule has 6 nitrogen and oxygen atoms in total. The summed E-state index contributed by atoms with van der Waals surface area (Å²) in [5.41, 5.74) is 1.29. The van der Waals surface area contributed by atoms with Crippen molar-refractivity contribution in [1.29, 1.82) is 0 Å². The minimum Gasteiger partial charge on any atom is -0.459 e. The molecular formula is C22H30N2O4. The zero-order valence-corrected chi connectivity index (χ0v) is 17.2. The van der Waals surface area contributed by atoms with Crippen LogP contribution in [-0.4, -0.2) is 34.9 Å². The Morgan fingerprint density at radius 3 is 2.50 bits per heavy atom. The first-order chi connectivity index (χ1) is 13.1. The maximum absolute atomic E-state index is 12.9. The van der Waals surface area contributed by atoms with Crippen LogP contribution in [0.15, 0.2) is 24.3 Å². The monoisotopic (exact) mass is 386 g/mol. The fraction of sp³-hybridized carbons (Fsp3) is 0.591. The van der Waals surface area contributed by atoms with E-state index in [-0.39, 0.29) is 30.4 Å². The molecule has 2 atom stereocenters. The molecule has 0 unspecified atom stereocenters. The van der Waals surface area contributed by atoms with Crippen molar-refractivity contribution in [3.05, 3.63) is 35.4 Å². The Labute approximate surface area is 166 Å². The minimum atomic E-state index is -0.849. The van der Waals surface area contributed by atoms with Gasteiger partial charge in [-0.25, -0.2) is 4.79 Å². The van der Waals surface area contributed by atoms with Gasteiger partial charge in [0.1, 0.15) is 18.7 Å². The smallest absolute Gasteiger partial charge is 0.326 e. The van der Waals surface area contributed by atoms with Crippen molar-refractivity contribution in [1.82, 2.24) is 10.2 Å². The summed E-state index contributed by atoms with van der Waals surface area (Å²) >= 11 is 0. The van der Waals surface area contributed by atoms with Crippen LogP contribution in [0.25, 0.3) is 0 Å². The standard InChI is InChI=1S/C22H30N2O4/c1-15-7-5-6-12-22(15)19(26)24(20(27)23-22)13-18(25)28-14-16-8-10-17(11-9-16)21(2,3)4/h8-11,15H,5-7,12-14H2,1-4H3,(H,23,27)/t15-,22-/m0/s1. The third-order valence-corrected chi connectivity index (χ3v) is 6.01. The number of hydrogen-bond donors (Lipinski definition) is 1. The molecule has 1 spiro atoms. The topological polar surface area (TPSA) is 75.7 Å². The molecule has 0 bridgehead atoms. The van der Waals surface area contributed by atoms with E-state index in [2.05, 4.69) is 26.1 Å². The second-order valence-electron chi connectivity index (χ2n) is 9.05. The molecule has 0 radical (unpaired) electrons. The molecule has 3 rings (SSSR count). The molecule has 28 heavy (non-hydrogen) atoms. The number of carbonyl (C=O) groups is 3. The van der Waals surface area contributed by atoms with Gasteiger partial charge < -0.3 is 10.1 Å². The summed E-state index contributed by atoms with van der Waals surface area (Å²) in [5.74, 6) is -0.805. The highest BCUT2D eigenvalue weighted by molar-refractivity contribution is 6.08. The second-order valence-corrected chi connectivity index (χ2v) is 9.05. The highest BCUT2D eigenvalue weighted by Crippen LogP contribution is 2.38. The van der Waals surface area contributed by atoms with Crippen LogP contribution in [0.5, 0.6) is 0 Å². The Bertz CT molecular complexity index is 766. The van der Waals surface area contributed by atoms with E-state index in [0.29, 0.717) is 6.42 Å². The third kappa shape index (κ3) is 3.91. The van der Waals surface area contributed by atoms with E-state index in [0.717, 1.165) is 29.7 Å². The molecule has 152 valence electrons. The molecule has 1 saturated heterocycles. The van der Waals surface area contributed by atoms with Gasteiger partial charge in [-0.3, -0.25) is 14.5 Å². The van der Waals surface area contributed by atoms with E-state index >= 15 is 0 Å². The van der Waals surface area contributed by atoms with Crippen molar-refractivity contribution < 1.29 is 19.1 Å². The van der Waals surface area contributed by atoms with Crippen LogP contribution < -0.4 is 5.32 Å². The number of nitrogens with one attached hydrogen (secondary N) is 1. The van der Waals surface area contributed by atoms with E-state index in [1.54, 1.807) is 0 Å². The lowest BCUT2D eigenvalue weighted by Gasteiger charge is -2.36. The van der Waals surface area contributed by atoms with Gasteiger partial charge in [0.05, 0.1) is 0 Å². The van der Waals surface area contributed by atoms with Crippen molar-refractivity contribution in [2.75, 3.05) is 6.54 Å². The average molecular weight is 386 g/mol. The first-order valence-corrected chi connectivity index (χ1v) is 10.0. The molecular weight excluding hydrogens is 356 g/mol. The van der Waals surface area contributed by atoms with Gasteiger partial charge >= 0.3 is 12.0 Å². The lowest BCUT2D eigenvalue weighted by Crippen LogP contribution is -2.54. The minimum absolute atomic E-state index is 0.0604. The Morgan fingerprint density at radius 1 is 1.21 bits per heavy atom. The summed E-state index contributed by atoms with van der Waals surface area (Å²) in [4.78, 5) is 38.5. The van der Waals surface area contributed by atoms with Crippen molar-refractivity contribution in [2.45, 2.75) is 70.9 Å². The van der Waals surface area contributed by atoms with Gasteiger partial charge in [0, 0.05) is 0 Å². The summed E-state index contributed by atoms with van der Waals surface area (Å²) in [6, 6.07) is 7.41. The summed E-state index contributed by atoms with van der Waals surface area (Å²) in [6.07, 6.45) is 3.49. The van der Waals surface area contributed by atoms with Crippen molar-refractivity contribution in [2.24, 2.45) is 5.92 Å². The number of rotatable bonds is 4. The van der Waals surface area contributed by atoms with E-state index in [1.165, 1.54) is 5.56 Å². The molecule has 0 aromatic heterocycles. The Hall–Kier alpha value is -2.37. The first-order valence-electron chi connectivity index (χ1n) is 10.0. The fourth-order valence-electron chi connectivity index (χ4n) is 4.08. The van der Waals surface area contributed by atoms with Crippen LogP contribution in [0.3, 0.4) is 0 Å². The Kier molecular flexibility index (Phi) is 5.50. The molecule has 1 aliphatic carbocycles. The maximum atomic E-state index is 12.9. The number of hydrogen-bond acceptors (Lipinski definition) is 4. The van der Waals surface area contributed by atoms with Gasteiger partial charge in [-0.1, -0.05) is 64.8 Å². The number of imide groups is 1. The number of nitrogens with zero attached hydrogens (tertiary/aromatic N) is 1. The maximum Gasteiger partial charge on any atom is 0.326 e. The summed E-state index contributed by atoms with van der Waals surface area (Å²) in [7, 11) is 0. The van der Waals surface area contributed by atoms with E-state index in [4.69, 9.17) is 4.74 Å². The molecule has 2 aliphatic rings. The first kappa shape index (κ1) is 20.4. The highest BCUT2D eigenvalue weighted by Gasteiger charge is 2.55. The zero-order chi connectivity index (χ0) is 20.5. The van der Waals surface area contributed by atoms with Crippen LogP contribution >= 0.6 is 0 Å². The molecule has 1 saturated carbocycles. The quantitative estimate of drug-likeness (QED) is 0.634. The molecule has 1 aromatic rings. The Balaban J connectivity index is 1.57. The number of ether oxygens (including phenoxy) is 1. The fourth-order valence-corrected chi connectivity index (χ4v) is 4.08. The molecule has 1 aliphatic heterocycles. The van der Waals surface area contributed by atoms with Gasteiger partial charge in [-0.2, -0.15) is 0 Å². The molecule has 2 fully saturated rings. The highest BCUT2D eigenvalue weighted by atomic mass is 16.5. The van der Waals surface area contributed by atoms with E-state index < -0.39 is 17.5 Å². The number of amides is 3.